The van der Waals surface area contributed by atoms with Crippen LogP contribution >= 0.6 is 0 Å². The van der Waals surface area contributed by atoms with Crippen LogP contribution in [-0.4, -0.2) is 66.8 Å². The molecule has 4 rings (SSSR count). The summed E-state index contributed by atoms with van der Waals surface area (Å²) in [5.41, 5.74) is 2.42. The van der Waals surface area contributed by atoms with Gasteiger partial charge in [-0.2, -0.15) is 0 Å². The lowest BCUT2D eigenvalue weighted by atomic mass is 9.74. The first kappa shape index (κ1) is 33.0. The van der Waals surface area contributed by atoms with Gasteiger partial charge in [0.25, 0.3) is 0 Å². The summed E-state index contributed by atoms with van der Waals surface area (Å²) in [5.74, 6) is -2.18. The average Bonchev–Trinajstić information content (AvgIpc) is 3.43. The number of esters is 1. The fourth-order valence-electron chi connectivity index (χ4n) is 6.54. The van der Waals surface area contributed by atoms with Crippen LogP contribution in [-0.2, 0) is 31.7 Å². The van der Waals surface area contributed by atoms with Crippen LogP contribution in [0.25, 0.3) is 0 Å². The van der Waals surface area contributed by atoms with E-state index >= 15 is 0 Å². The Morgan fingerprint density at radius 2 is 1.77 bits per heavy atom. The molecule has 1 saturated heterocycles. The zero-order chi connectivity index (χ0) is 31.2. The quantitative estimate of drug-likeness (QED) is 0.324. The molecule has 1 aliphatic heterocycles. The number of ether oxygens (including phenoxy) is 1. The van der Waals surface area contributed by atoms with Crippen LogP contribution in [0.1, 0.15) is 82.4 Å². The highest BCUT2D eigenvalue weighted by Gasteiger charge is 2.37. The Morgan fingerprint density at radius 3 is 2.42 bits per heavy atom. The fraction of sp³-hybridized carbons (Fsp3) is 0.588. The summed E-state index contributed by atoms with van der Waals surface area (Å²) < 4.78 is 33.0. The van der Waals surface area contributed by atoms with Crippen LogP contribution < -0.4 is 10.6 Å². The van der Waals surface area contributed by atoms with Gasteiger partial charge in [-0.25, -0.2) is 8.78 Å². The van der Waals surface area contributed by atoms with Gasteiger partial charge in [0.1, 0.15) is 11.6 Å². The van der Waals surface area contributed by atoms with Gasteiger partial charge in [-0.3, -0.25) is 14.5 Å². The highest BCUT2D eigenvalue weighted by molar-refractivity contribution is 5.83. The van der Waals surface area contributed by atoms with Crippen LogP contribution in [0.3, 0.4) is 0 Å². The molecule has 1 aliphatic carbocycles. The lowest BCUT2D eigenvalue weighted by molar-refractivity contribution is -0.142. The number of hydrogen-bond acceptors (Lipinski definition) is 6. The maximum absolute atomic E-state index is 14.1. The summed E-state index contributed by atoms with van der Waals surface area (Å²) in [6.07, 6.45) is 5.41. The molecule has 3 atom stereocenters. The van der Waals surface area contributed by atoms with Crippen molar-refractivity contribution in [2.75, 3.05) is 26.7 Å². The van der Waals surface area contributed by atoms with Crippen LogP contribution in [0.15, 0.2) is 42.5 Å². The number of carbonyl (C=O) groups excluding carboxylic acids is 2. The molecule has 0 bridgehead atoms. The molecule has 2 aromatic rings. The van der Waals surface area contributed by atoms with E-state index in [1.165, 1.54) is 30.4 Å². The van der Waals surface area contributed by atoms with Crippen molar-refractivity contribution < 1.29 is 28.2 Å². The van der Waals surface area contributed by atoms with Gasteiger partial charge in [-0.1, -0.05) is 64.3 Å². The minimum Gasteiger partial charge on any atom is -0.468 e. The molecule has 2 unspecified atom stereocenters. The zero-order valence-electron chi connectivity index (χ0n) is 25.9. The van der Waals surface area contributed by atoms with E-state index in [9.17, 15) is 23.5 Å². The standard InChI is InChI=1S/C34H47F2N3O4/c1-33(2,3)24-10-8-11-25(19-24)34(13-6-5-7-14-34)37-21-30(40)28(18-23-16-26(35)20-27(36)17-23)38-32(42)29-12-9-15-39(29)22-31(41)43-4/h8,10-11,16-17,19-20,28-30,37,40H,5-7,9,12-15,18,21-22H2,1-4H3,(H,38,42)/t28?,29?,30-/m0/s1. The normalized spacial score (nSPS) is 20.4. The number of methoxy groups -OCH3 is 1. The van der Waals surface area contributed by atoms with E-state index in [-0.39, 0.29) is 36.4 Å². The Morgan fingerprint density at radius 1 is 1.07 bits per heavy atom. The van der Waals surface area contributed by atoms with Gasteiger partial charge in [0, 0.05) is 18.2 Å². The second kappa shape index (κ2) is 14.3. The molecule has 0 aromatic heterocycles. The van der Waals surface area contributed by atoms with Gasteiger partial charge in [-0.05, 0) is 72.9 Å². The maximum Gasteiger partial charge on any atom is 0.319 e. The van der Waals surface area contributed by atoms with Crippen molar-refractivity contribution in [1.82, 2.24) is 15.5 Å². The topological polar surface area (TPSA) is 90.9 Å². The SMILES string of the molecule is COC(=O)CN1CCCC1C(=O)NC(Cc1cc(F)cc(F)c1)[C@@H](O)CNC1(c2cccc(C(C)(C)C)c2)CCCCC1. The van der Waals surface area contributed by atoms with Crippen molar-refractivity contribution in [3.63, 3.8) is 0 Å². The molecule has 1 heterocycles. The Kier molecular flexibility index (Phi) is 11.0. The number of carbonyl (C=O) groups is 2. The molecule has 0 spiro atoms. The second-order valence-electron chi connectivity index (χ2n) is 13.2. The number of nitrogens with one attached hydrogen (secondary N) is 2. The molecular formula is C34H47F2N3O4. The number of nitrogens with zero attached hydrogens (tertiary/aromatic N) is 1. The molecule has 7 nitrogen and oxygen atoms in total. The third-order valence-corrected chi connectivity index (χ3v) is 9.03. The number of benzene rings is 2. The van der Waals surface area contributed by atoms with Crippen LogP contribution in [0.2, 0.25) is 0 Å². The Labute approximate surface area is 254 Å². The highest BCUT2D eigenvalue weighted by Crippen LogP contribution is 2.38. The summed E-state index contributed by atoms with van der Waals surface area (Å²) in [5, 5.41) is 18.2. The molecule has 2 fully saturated rings. The lowest BCUT2D eigenvalue weighted by Crippen LogP contribution is -2.56. The Balaban J connectivity index is 1.55. The lowest BCUT2D eigenvalue weighted by Gasteiger charge is -2.41. The number of halogens is 2. The van der Waals surface area contributed by atoms with E-state index < -0.39 is 35.8 Å². The van der Waals surface area contributed by atoms with Gasteiger partial charge in [0.15, 0.2) is 0 Å². The molecule has 2 aromatic carbocycles. The first-order valence-corrected chi connectivity index (χ1v) is 15.5. The molecule has 3 N–H and O–H groups in total. The first-order valence-electron chi connectivity index (χ1n) is 15.5. The van der Waals surface area contributed by atoms with Crippen molar-refractivity contribution in [3.05, 3.63) is 70.8 Å². The number of likely N-dealkylation sites (tertiary alicyclic amines) is 1. The first-order chi connectivity index (χ1) is 20.4. The van der Waals surface area contributed by atoms with Crippen LogP contribution in [0, 0.1) is 11.6 Å². The molecule has 236 valence electrons. The van der Waals surface area contributed by atoms with Crippen molar-refractivity contribution in [2.45, 2.75) is 101 Å². The van der Waals surface area contributed by atoms with Crippen LogP contribution in [0.4, 0.5) is 8.78 Å². The number of hydrogen-bond donors (Lipinski definition) is 3. The second-order valence-corrected chi connectivity index (χ2v) is 13.2. The van der Waals surface area contributed by atoms with Gasteiger partial charge in [-0.15, -0.1) is 0 Å². The number of aliphatic hydroxyl groups excluding tert-OH is 1. The minimum absolute atomic E-state index is 0.00534. The van der Waals surface area contributed by atoms with Crippen molar-refractivity contribution >= 4 is 11.9 Å². The zero-order valence-corrected chi connectivity index (χ0v) is 25.9. The Bertz CT molecular complexity index is 1240. The number of aliphatic hydroxyl groups is 1. The van der Waals surface area contributed by atoms with Gasteiger partial charge in [0.2, 0.25) is 5.91 Å². The highest BCUT2D eigenvalue weighted by atomic mass is 19.1. The average molecular weight is 600 g/mol. The van der Waals surface area contributed by atoms with E-state index in [1.54, 1.807) is 4.90 Å². The summed E-state index contributed by atoms with van der Waals surface area (Å²) in [6.45, 7) is 7.32. The van der Waals surface area contributed by atoms with Gasteiger partial charge >= 0.3 is 5.97 Å². The molecule has 9 heteroatoms. The number of amides is 1. The van der Waals surface area contributed by atoms with Gasteiger partial charge < -0.3 is 20.5 Å². The minimum atomic E-state index is -1.05. The molecule has 1 amide bonds. The summed E-state index contributed by atoms with van der Waals surface area (Å²) in [4.78, 5) is 27.2. The molecule has 0 radical (unpaired) electrons. The fourth-order valence-corrected chi connectivity index (χ4v) is 6.54. The van der Waals surface area contributed by atoms with E-state index in [0.29, 0.717) is 18.5 Å². The van der Waals surface area contributed by atoms with E-state index in [2.05, 4.69) is 55.7 Å². The summed E-state index contributed by atoms with van der Waals surface area (Å²) in [7, 11) is 1.31. The van der Waals surface area contributed by atoms with E-state index in [4.69, 9.17) is 4.74 Å². The van der Waals surface area contributed by atoms with Gasteiger partial charge in [0.05, 0.1) is 31.8 Å². The third kappa shape index (κ3) is 8.61. The summed E-state index contributed by atoms with van der Waals surface area (Å²) in [6, 6.07) is 10.5. The van der Waals surface area contributed by atoms with Crippen molar-refractivity contribution in [3.8, 4) is 0 Å². The molecule has 43 heavy (non-hydrogen) atoms. The predicted octanol–water partition coefficient (Wildman–Crippen LogP) is 4.74. The van der Waals surface area contributed by atoms with Crippen molar-refractivity contribution in [1.29, 1.82) is 0 Å². The maximum atomic E-state index is 14.1. The molecular weight excluding hydrogens is 552 g/mol. The van der Waals surface area contributed by atoms with E-state index in [1.807, 2.05) is 0 Å². The van der Waals surface area contributed by atoms with E-state index in [0.717, 1.165) is 44.6 Å². The number of rotatable bonds is 11. The third-order valence-electron chi connectivity index (χ3n) is 9.03. The summed E-state index contributed by atoms with van der Waals surface area (Å²) >= 11 is 0. The Hall–Kier alpha value is -2.88. The monoisotopic (exact) mass is 599 g/mol. The van der Waals surface area contributed by atoms with Crippen LogP contribution in [0.5, 0.6) is 0 Å². The largest absolute Gasteiger partial charge is 0.468 e. The molecule has 2 aliphatic rings. The molecule has 1 saturated carbocycles. The smallest absolute Gasteiger partial charge is 0.319 e. The predicted molar refractivity (Wildman–Crippen MR) is 163 cm³/mol. The van der Waals surface area contributed by atoms with Crippen molar-refractivity contribution in [2.24, 2.45) is 0 Å².